The summed E-state index contributed by atoms with van der Waals surface area (Å²) < 4.78 is 6.80. The topological polar surface area (TPSA) is 86.1 Å². The molecule has 0 atom stereocenters. The van der Waals surface area contributed by atoms with Crippen LogP contribution >= 0.6 is 23.4 Å². The van der Waals surface area contributed by atoms with Crippen LogP contribution in [-0.4, -0.2) is 39.3 Å². The third-order valence-corrected chi connectivity index (χ3v) is 5.49. The van der Waals surface area contributed by atoms with Crippen LogP contribution in [0, 0.1) is 0 Å². The maximum Gasteiger partial charge on any atom is 0.232 e. The quantitative estimate of drug-likeness (QED) is 0.433. The van der Waals surface area contributed by atoms with E-state index in [-0.39, 0.29) is 23.9 Å². The van der Waals surface area contributed by atoms with Gasteiger partial charge in [0.15, 0.2) is 10.9 Å². The molecule has 0 aliphatic rings. The first-order valence-corrected chi connectivity index (χ1v) is 10.1. The summed E-state index contributed by atoms with van der Waals surface area (Å²) in [6.07, 6.45) is 0.0434. The van der Waals surface area contributed by atoms with Crippen molar-refractivity contribution in [3.8, 4) is 5.75 Å². The molecule has 0 unspecified atom stereocenters. The zero-order valence-electron chi connectivity index (χ0n) is 15.9. The zero-order valence-corrected chi connectivity index (χ0v) is 17.5. The van der Waals surface area contributed by atoms with Crippen LogP contribution < -0.4 is 10.1 Å². The SMILES string of the molecule is COc1ccc(C(=O)CSc2nnc(CC(=O)Nc3ccccc3Cl)n2C)cc1. The lowest BCUT2D eigenvalue weighted by Crippen LogP contribution is -2.17. The van der Waals surface area contributed by atoms with Crippen molar-refractivity contribution in [3.63, 3.8) is 0 Å². The minimum atomic E-state index is -0.251. The van der Waals surface area contributed by atoms with E-state index in [9.17, 15) is 9.59 Å². The average molecular weight is 431 g/mol. The van der Waals surface area contributed by atoms with Gasteiger partial charge in [-0.15, -0.1) is 10.2 Å². The first kappa shape index (κ1) is 20.9. The molecule has 150 valence electrons. The molecule has 0 aliphatic heterocycles. The molecule has 1 heterocycles. The Hall–Kier alpha value is -2.84. The number of anilines is 1. The van der Waals surface area contributed by atoms with Gasteiger partial charge < -0.3 is 14.6 Å². The number of hydrogen-bond acceptors (Lipinski definition) is 6. The second-order valence-corrected chi connectivity index (χ2v) is 7.45. The average Bonchev–Trinajstić information content (AvgIpc) is 3.07. The van der Waals surface area contributed by atoms with Gasteiger partial charge in [0, 0.05) is 12.6 Å². The number of para-hydroxylation sites is 1. The van der Waals surface area contributed by atoms with Gasteiger partial charge in [0.1, 0.15) is 11.6 Å². The molecule has 7 nitrogen and oxygen atoms in total. The van der Waals surface area contributed by atoms with Gasteiger partial charge >= 0.3 is 0 Å². The number of carbonyl (C=O) groups is 2. The fourth-order valence-corrected chi connectivity index (χ4v) is 3.52. The van der Waals surface area contributed by atoms with Crippen LogP contribution in [0.5, 0.6) is 5.75 Å². The summed E-state index contributed by atoms with van der Waals surface area (Å²) in [5.74, 6) is 1.12. The number of amides is 1. The summed E-state index contributed by atoms with van der Waals surface area (Å²) >= 11 is 7.32. The number of benzene rings is 2. The Morgan fingerprint density at radius 1 is 1.14 bits per heavy atom. The van der Waals surface area contributed by atoms with Crippen LogP contribution in [0.4, 0.5) is 5.69 Å². The number of ketones is 1. The van der Waals surface area contributed by atoms with Crippen LogP contribution in [0.25, 0.3) is 0 Å². The number of nitrogens with zero attached hydrogens (tertiary/aromatic N) is 3. The highest BCUT2D eigenvalue weighted by Crippen LogP contribution is 2.21. The Labute approximate surface area is 177 Å². The lowest BCUT2D eigenvalue weighted by Gasteiger charge is -2.07. The summed E-state index contributed by atoms with van der Waals surface area (Å²) in [7, 11) is 3.34. The van der Waals surface area contributed by atoms with Crippen molar-refractivity contribution in [2.45, 2.75) is 11.6 Å². The van der Waals surface area contributed by atoms with Gasteiger partial charge in [-0.25, -0.2) is 0 Å². The minimum Gasteiger partial charge on any atom is -0.497 e. The lowest BCUT2D eigenvalue weighted by atomic mass is 10.1. The highest BCUT2D eigenvalue weighted by molar-refractivity contribution is 7.99. The summed E-state index contributed by atoms with van der Waals surface area (Å²) in [5, 5.41) is 11.9. The molecule has 0 spiro atoms. The lowest BCUT2D eigenvalue weighted by molar-refractivity contribution is -0.115. The highest BCUT2D eigenvalue weighted by Gasteiger charge is 2.15. The van der Waals surface area contributed by atoms with E-state index in [1.165, 1.54) is 11.8 Å². The summed E-state index contributed by atoms with van der Waals surface area (Å²) in [5.41, 5.74) is 1.14. The molecule has 0 bridgehead atoms. The third kappa shape index (κ3) is 5.36. The predicted octanol–water partition coefficient (Wildman–Crippen LogP) is 3.63. The van der Waals surface area contributed by atoms with Gasteiger partial charge in [-0.1, -0.05) is 35.5 Å². The monoisotopic (exact) mass is 430 g/mol. The number of halogens is 1. The number of nitrogens with one attached hydrogen (secondary N) is 1. The van der Waals surface area contributed by atoms with Gasteiger partial charge in [0.25, 0.3) is 0 Å². The number of thioether (sulfide) groups is 1. The fraction of sp³-hybridized carbons (Fsp3) is 0.200. The van der Waals surface area contributed by atoms with Gasteiger partial charge in [0.2, 0.25) is 5.91 Å². The standard InChI is InChI=1S/C20H19ClN4O3S/c1-25-18(11-19(27)22-16-6-4-3-5-15(16)21)23-24-20(25)29-12-17(26)13-7-9-14(28-2)10-8-13/h3-10H,11-12H2,1-2H3,(H,22,27). The van der Waals surface area contributed by atoms with Crippen LogP contribution in [0.1, 0.15) is 16.2 Å². The van der Waals surface area contributed by atoms with Crippen LogP contribution in [0.3, 0.4) is 0 Å². The Kier molecular flexibility index (Phi) is 6.90. The van der Waals surface area contributed by atoms with Crippen molar-refractivity contribution in [2.75, 3.05) is 18.2 Å². The van der Waals surface area contributed by atoms with Gasteiger partial charge in [0.05, 0.1) is 30.0 Å². The van der Waals surface area contributed by atoms with E-state index in [0.29, 0.717) is 33.0 Å². The first-order valence-electron chi connectivity index (χ1n) is 8.70. The molecule has 0 radical (unpaired) electrons. The summed E-state index contributed by atoms with van der Waals surface area (Å²) in [6.45, 7) is 0. The summed E-state index contributed by atoms with van der Waals surface area (Å²) in [6, 6.07) is 13.9. The van der Waals surface area contributed by atoms with E-state index in [1.807, 2.05) is 0 Å². The van der Waals surface area contributed by atoms with Crippen molar-refractivity contribution in [1.29, 1.82) is 0 Å². The molecule has 0 aliphatic carbocycles. The van der Waals surface area contributed by atoms with Crippen LogP contribution in [0.15, 0.2) is 53.7 Å². The Morgan fingerprint density at radius 3 is 2.55 bits per heavy atom. The van der Waals surface area contributed by atoms with Crippen molar-refractivity contribution in [3.05, 3.63) is 64.9 Å². The molecule has 2 aromatic carbocycles. The number of rotatable bonds is 8. The maximum absolute atomic E-state index is 12.4. The Bertz CT molecular complexity index is 1020. The molecule has 0 saturated heterocycles. The van der Waals surface area contributed by atoms with Crippen molar-refractivity contribution in [1.82, 2.24) is 14.8 Å². The molecule has 1 amide bonds. The molecule has 29 heavy (non-hydrogen) atoms. The highest BCUT2D eigenvalue weighted by atomic mass is 35.5. The van der Waals surface area contributed by atoms with E-state index in [2.05, 4.69) is 15.5 Å². The van der Waals surface area contributed by atoms with E-state index < -0.39 is 0 Å². The molecular formula is C20H19ClN4O3S. The smallest absolute Gasteiger partial charge is 0.232 e. The summed E-state index contributed by atoms with van der Waals surface area (Å²) in [4.78, 5) is 24.6. The Morgan fingerprint density at radius 2 is 1.86 bits per heavy atom. The fourth-order valence-electron chi connectivity index (χ4n) is 2.52. The van der Waals surface area contributed by atoms with E-state index in [4.69, 9.17) is 16.3 Å². The number of methoxy groups -OCH3 is 1. The first-order chi connectivity index (χ1) is 14.0. The maximum atomic E-state index is 12.4. The zero-order chi connectivity index (χ0) is 20.8. The van der Waals surface area contributed by atoms with E-state index >= 15 is 0 Å². The number of ether oxygens (including phenoxy) is 1. The number of aromatic nitrogens is 3. The molecule has 3 rings (SSSR count). The van der Waals surface area contributed by atoms with Crippen LogP contribution in [0.2, 0.25) is 5.02 Å². The molecule has 1 N–H and O–H groups in total. The van der Waals surface area contributed by atoms with Crippen molar-refractivity contribution < 1.29 is 14.3 Å². The normalized spacial score (nSPS) is 10.6. The van der Waals surface area contributed by atoms with Gasteiger partial charge in [-0.3, -0.25) is 9.59 Å². The van der Waals surface area contributed by atoms with Crippen LogP contribution in [-0.2, 0) is 18.3 Å². The molecule has 3 aromatic rings. The third-order valence-electron chi connectivity index (χ3n) is 4.14. The molecule has 0 saturated carbocycles. The second kappa shape index (κ2) is 9.58. The number of Topliss-reactive ketones (excluding diaryl/α,β-unsaturated/α-hetero) is 1. The molecular weight excluding hydrogens is 412 g/mol. The molecule has 1 aromatic heterocycles. The number of hydrogen-bond donors (Lipinski definition) is 1. The minimum absolute atomic E-state index is 0.0290. The largest absolute Gasteiger partial charge is 0.497 e. The van der Waals surface area contributed by atoms with Gasteiger partial charge in [-0.2, -0.15) is 0 Å². The molecule has 0 fully saturated rings. The van der Waals surface area contributed by atoms with Crippen molar-refractivity contribution >= 4 is 40.7 Å². The van der Waals surface area contributed by atoms with Gasteiger partial charge in [-0.05, 0) is 36.4 Å². The van der Waals surface area contributed by atoms with Crippen molar-refractivity contribution in [2.24, 2.45) is 7.05 Å². The molecule has 9 heteroatoms. The van der Waals surface area contributed by atoms with E-state index in [1.54, 1.807) is 67.3 Å². The second-order valence-electron chi connectivity index (χ2n) is 6.10. The van der Waals surface area contributed by atoms with E-state index in [0.717, 1.165) is 0 Å². The predicted molar refractivity (Wildman–Crippen MR) is 113 cm³/mol. The Balaban J connectivity index is 1.58. The number of carbonyl (C=O) groups excluding carboxylic acids is 2.